The molecule has 22 heavy (non-hydrogen) atoms. The van der Waals surface area contributed by atoms with E-state index in [0.29, 0.717) is 6.54 Å². The monoisotopic (exact) mass is 441 g/mol. The van der Waals surface area contributed by atoms with Crippen LogP contribution in [0.4, 0.5) is 0 Å². The fourth-order valence-electron chi connectivity index (χ4n) is 1.54. The molecule has 0 aliphatic carbocycles. The summed E-state index contributed by atoms with van der Waals surface area (Å²) in [5.74, 6) is 2.84. The molecule has 0 unspecified atom stereocenters. The third kappa shape index (κ3) is 9.58. The van der Waals surface area contributed by atoms with Crippen LogP contribution in [-0.4, -0.2) is 50.3 Å². The van der Waals surface area contributed by atoms with Crippen LogP contribution in [0, 0.1) is 0 Å². The van der Waals surface area contributed by atoms with Gasteiger partial charge in [0, 0.05) is 32.4 Å². The van der Waals surface area contributed by atoms with Crippen LogP contribution in [0.25, 0.3) is 0 Å². The van der Waals surface area contributed by atoms with Crippen LogP contribution in [0.5, 0.6) is 0 Å². The van der Waals surface area contributed by atoms with Gasteiger partial charge in [0.1, 0.15) is 5.76 Å². The Labute approximate surface area is 155 Å². The number of halogens is 1. The smallest absolute Gasteiger partial charge is 0.191 e. The third-order valence-corrected chi connectivity index (χ3v) is 3.63. The van der Waals surface area contributed by atoms with Gasteiger partial charge in [0.15, 0.2) is 5.96 Å². The third-order valence-electron chi connectivity index (χ3n) is 3.01. The number of guanidine groups is 1. The van der Waals surface area contributed by atoms with Crippen molar-refractivity contribution in [3.63, 3.8) is 0 Å². The Hall–Kier alpha value is -0.410. The first-order valence-corrected chi connectivity index (χ1v) is 8.55. The second-order valence-electron chi connectivity index (χ2n) is 5.30. The number of thioether (sulfide) groups is 1. The molecule has 7 heteroatoms. The van der Waals surface area contributed by atoms with Crippen LogP contribution in [0.15, 0.2) is 27.8 Å². The molecule has 1 heterocycles. The average Bonchev–Trinajstić information content (AvgIpc) is 2.98. The summed E-state index contributed by atoms with van der Waals surface area (Å²) in [5.41, 5.74) is -0.255. The second kappa shape index (κ2) is 12.1. The molecule has 1 rings (SSSR count). The van der Waals surface area contributed by atoms with Gasteiger partial charge >= 0.3 is 0 Å². The van der Waals surface area contributed by atoms with E-state index in [1.54, 1.807) is 13.4 Å². The molecule has 0 fully saturated rings. The standard InChI is InChI=1S/C15H27N3O2S.HI/c1-15(2,19-3)12-18-14(17-9-11-21-4)16-8-7-13-6-5-10-20-13;/h5-6,10H,7-9,11-12H2,1-4H3,(H2,16,17,18);1H. The lowest BCUT2D eigenvalue weighted by atomic mass is 10.1. The first kappa shape index (κ1) is 21.6. The molecule has 1 aromatic heterocycles. The van der Waals surface area contributed by atoms with E-state index < -0.39 is 0 Å². The summed E-state index contributed by atoms with van der Waals surface area (Å²) in [6.45, 7) is 6.34. The minimum Gasteiger partial charge on any atom is -0.469 e. The zero-order valence-electron chi connectivity index (χ0n) is 13.8. The number of aliphatic imine (C=N–C) groups is 1. The number of furan rings is 1. The molecule has 0 amide bonds. The molecular weight excluding hydrogens is 413 g/mol. The van der Waals surface area contributed by atoms with Crippen molar-refractivity contribution in [2.75, 3.05) is 38.8 Å². The first-order chi connectivity index (χ1) is 10.1. The van der Waals surface area contributed by atoms with Gasteiger partial charge in [-0.25, -0.2) is 0 Å². The Kier molecular flexibility index (Phi) is 11.8. The van der Waals surface area contributed by atoms with E-state index in [2.05, 4.69) is 21.9 Å². The number of nitrogens with zero attached hydrogens (tertiary/aromatic N) is 1. The molecule has 2 N–H and O–H groups in total. The van der Waals surface area contributed by atoms with Crippen molar-refractivity contribution in [3.8, 4) is 0 Å². The summed E-state index contributed by atoms with van der Waals surface area (Å²) in [4.78, 5) is 4.59. The lowest BCUT2D eigenvalue weighted by molar-refractivity contribution is 0.0310. The zero-order valence-corrected chi connectivity index (χ0v) is 17.0. The van der Waals surface area contributed by atoms with Crippen LogP contribution in [0.2, 0.25) is 0 Å². The highest BCUT2D eigenvalue weighted by atomic mass is 127. The predicted molar refractivity (Wildman–Crippen MR) is 106 cm³/mol. The van der Waals surface area contributed by atoms with Gasteiger partial charge in [-0.15, -0.1) is 24.0 Å². The topological polar surface area (TPSA) is 58.8 Å². The molecule has 128 valence electrons. The molecule has 0 spiro atoms. The summed E-state index contributed by atoms with van der Waals surface area (Å²) in [5, 5.41) is 6.66. The second-order valence-corrected chi connectivity index (χ2v) is 6.29. The maximum atomic E-state index is 5.40. The molecule has 0 radical (unpaired) electrons. The van der Waals surface area contributed by atoms with E-state index in [0.717, 1.165) is 37.0 Å². The molecule has 0 aromatic carbocycles. The highest BCUT2D eigenvalue weighted by molar-refractivity contribution is 14.0. The Morgan fingerprint density at radius 1 is 1.36 bits per heavy atom. The Morgan fingerprint density at radius 3 is 2.68 bits per heavy atom. The highest BCUT2D eigenvalue weighted by Crippen LogP contribution is 2.07. The Bertz CT molecular complexity index is 411. The molecule has 0 aliphatic heterocycles. The van der Waals surface area contributed by atoms with Crippen molar-refractivity contribution >= 4 is 41.7 Å². The summed E-state index contributed by atoms with van der Waals surface area (Å²) in [6.07, 6.45) is 4.63. The number of hydrogen-bond acceptors (Lipinski definition) is 4. The van der Waals surface area contributed by atoms with E-state index in [-0.39, 0.29) is 29.6 Å². The molecular formula is C15H28IN3O2S. The summed E-state index contributed by atoms with van der Waals surface area (Å²) >= 11 is 1.81. The van der Waals surface area contributed by atoms with Gasteiger partial charge in [0.2, 0.25) is 0 Å². The number of methoxy groups -OCH3 is 1. The largest absolute Gasteiger partial charge is 0.469 e. The van der Waals surface area contributed by atoms with E-state index in [9.17, 15) is 0 Å². The van der Waals surface area contributed by atoms with Crippen molar-refractivity contribution in [2.45, 2.75) is 25.9 Å². The van der Waals surface area contributed by atoms with Gasteiger partial charge in [0.25, 0.3) is 0 Å². The van der Waals surface area contributed by atoms with Crippen molar-refractivity contribution in [1.29, 1.82) is 0 Å². The Morgan fingerprint density at radius 2 is 2.09 bits per heavy atom. The lowest BCUT2D eigenvalue weighted by Crippen LogP contribution is -2.41. The van der Waals surface area contributed by atoms with Crippen LogP contribution >= 0.6 is 35.7 Å². The fraction of sp³-hybridized carbons (Fsp3) is 0.667. The maximum absolute atomic E-state index is 5.40. The minimum absolute atomic E-state index is 0. The molecule has 0 aliphatic rings. The predicted octanol–water partition coefficient (Wildman–Crippen LogP) is 2.76. The van der Waals surface area contributed by atoms with E-state index in [1.165, 1.54) is 0 Å². The van der Waals surface area contributed by atoms with E-state index >= 15 is 0 Å². The van der Waals surface area contributed by atoms with Gasteiger partial charge in [-0.05, 0) is 32.2 Å². The van der Waals surface area contributed by atoms with Crippen molar-refractivity contribution in [3.05, 3.63) is 24.2 Å². The minimum atomic E-state index is -0.255. The van der Waals surface area contributed by atoms with Crippen LogP contribution < -0.4 is 10.6 Å². The molecule has 5 nitrogen and oxygen atoms in total. The van der Waals surface area contributed by atoms with Crippen molar-refractivity contribution < 1.29 is 9.15 Å². The molecule has 0 saturated carbocycles. The molecule has 0 bridgehead atoms. The molecule has 0 saturated heterocycles. The number of nitrogens with one attached hydrogen (secondary N) is 2. The van der Waals surface area contributed by atoms with Crippen LogP contribution in [-0.2, 0) is 11.2 Å². The summed E-state index contributed by atoms with van der Waals surface area (Å²) < 4.78 is 10.7. The van der Waals surface area contributed by atoms with Gasteiger partial charge < -0.3 is 19.8 Å². The quantitative estimate of drug-likeness (QED) is 0.267. The van der Waals surface area contributed by atoms with E-state index in [4.69, 9.17) is 9.15 Å². The van der Waals surface area contributed by atoms with Crippen molar-refractivity contribution in [2.24, 2.45) is 4.99 Å². The van der Waals surface area contributed by atoms with Crippen LogP contribution in [0.3, 0.4) is 0 Å². The number of ether oxygens (including phenoxy) is 1. The highest BCUT2D eigenvalue weighted by Gasteiger charge is 2.15. The van der Waals surface area contributed by atoms with Gasteiger partial charge in [-0.1, -0.05) is 0 Å². The van der Waals surface area contributed by atoms with Gasteiger partial charge in [-0.2, -0.15) is 11.8 Å². The summed E-state index contributed by atoms with van der Waals surface area (Å²) in [6, 6.07) is 3.88. The summed E-state index contributed by atoms with van der Waals surface area (Å²) in [7, 11) is 1.71. The number of hydrogen-bond donors (Lipinski definition) is 2. The maximum Gasteiger partial charge on any atom is 0.191 e. The SMILES string of the molecule is COC(C)(C)CN=C(NCCSC)NCCc1ccco1.I. The lowest BCUT2D eigenvalue weighted by Gasteiger charge is -2.21. The van der Waals surface area contributed by atoms with Crippen LogP contribution in [0.1, 0.15) is 19.6 Å². The van der Waals surface area contributed by atoms with Gasteiger partial charge in [0.05, 0.1) is 18.4 Å². The van der Waals surface area contributed by atoms with Gasteiger partial charge in [-0.3, -0.25) is 4.99 Å². The average molecular weight is 441 g/mol. The normalized spacial score (nSPS) is 11.9. The first-order valence-electron chi connectivity index (χ1n) is 7.16. The fourth-order valence-corrected chi connectivity index (χ4v) is 1.84. The van der Waals surface area contributed by atoms with E-state index in [1.807, 2.05) is 37.7 Å². The Balaban J connectivity index is 0.00000441. The molecule has 1 aromatic rings. The molecule has 0 atom stereocenters. The number of rotatable bonds is 9. The van der Waals surface area contributed by atoms with Crippen molar-refractivity contribution in [1.82, 2.24) is 10.6 Å². The zero-order chi connectivity index (χ0) is 15.6.